The van der Waals surface area contributed by atoms with Gasteiger partial charge in [-0.2, -0.15) is 0 Å². The van der Waals surface area contributed by atoms with E-state index in [4.69, 9.17) is 9.47 Å². The maximum atomic E-state index is 13.0. The van der Waals surface area contributed by atoms with Crippen LogP contribution < -0.4 is 19.7 Å². The van der Waals surface area contributed by atoms with Gasteiger partial charge in [0.25, 0.3) is 0 Å². The first-order chi connectivity index (χ1) is 12.3. The Morgan fingerprint density at radius 2 is 1.92 bits per heavy atom. The van der Waals surface area contributed by atoms with E-state index in [1.165, 1.54) is 26.4 Å². The molecular formula is C18H25N3O5. The van der Waals surface area contributed by atoms with Crippen molar-refractivity contribution in [2.45, 2.75) is 13.0 Å². The van der Waals surface area contributed by atoms with Crippen LogP contribution in [0.25, 0.3) is 0 Å². The lowest BCUT2D eigenvalue weighted by atomic mass is 9.90. The maximum absolute atomic E-state index is 13.0. The molecule has 8 nitrogen and oxygen atoms in total. The van der Waals surface area contributed by atoms with E-state index in [1.807, 2.05) is 19.0 Å². The zero-order valence-electron chi connectivity index (χ0n) is 15.7. The molecule has 0 aliphatic carbocycles. The summed E-state index contributed by atoms with van der Waals surface area (Å²) in [6.45, 7) is 3.12. The quantitative estimate of drug-likeness (QED) is 0.588. The number of methoxy groups -OCH3 is 2. The van der Waals surface area contributed by atoms with Gasteiger partial charge < -0.3 is 24.8 Å². The molecule has 0 spiro atoms. The molecule has 1 aliphatic heterocycles. The van der Waals surface area contributed by atoms with Gasteiger partial charge in [0.15, 0.2) is 17.3 Å². The number of ketones is 1. The number of rotatable bonds is 6. The van der Waals surface area contributed by atoms with E-state index >= 15 is 0 Å². The topological polar surface area (TPSA) is 91.3 Å². The molecule has 142 valence electrons. The van der Waals surface area contributed by atoms with Gasteiger partial charge in [-0.05, 0) is 27.1 Å². The third-order valence-corrected chi connectivity index (χ3v) is 4.27. The minimum absolute atomic E-state index is 0.233. The van der Waals surface area contributed by atoms with Crippen molar-refractivity contribution >= 4 is 17.6 Å². The summed E-state index contributed by atoms with van der Waals surface area (Å²) in [5, 5.41) is 12.8. The Morgan fingerprint density at radius 1 is 1.31 bits per heavy atom. The number of nitrogens with zero attached hydrogens (tertiary/aromatic N) is 2. The molecule has 1 unspecified atom stereocenters. The number of hydrogen-bond donors (Lipinski definition) is 2. The van der Waals surface area contributed by atoms with Gasteiger partial charge in [-0.1, -0.05) is 0 Å². The van der Waals surface area contributed by atoms with Crippen LogP contribution in [0.5, 0.6) is 11.5 Å². The van der Waals surface area contributed by atoms with Crippen LogP contribution in [0.15, 0.2) is 23.9 Å². The molecule has 1 atom stereocenters. The fourth-order valence-corrected chi connectivity index (χ4v) is 2.87. The van der Waals surface area contributed by atoms with Crippen LogP contribution in [0, 0.1) is 0 Å². The molecule has 26 heavy (non-hydrogen) atoms. The Bertz CT molecular complexity index is 730. The standard InChI is InChI=1S/C18H25N3O5/c1-11-13(10-19-6-7-20(2)3)17(22)12-8-15(25-4)16(26-5)9-14(12)21(11)18(23)24/h8-11,19H,6-7H2,1-5H3,(H,23,24). The van der Waals surface area contributed by atoms with Crippen LogP contribution >= 0.6 is 0 Å². The lowest BCUT2D eigenvalue weighted by Gasteiger charge is -2.34. The number of ether oxygens (including phenoxy) is 2. The van der Waals surface area contributed by atoms with Gasteiger partial charge in [-0.15, -0.1) is 0 Å². The van der Waals surface area contributed by atoms with Crippen LogP contribution in [-0.4, -0.2) is 69.3 Å². The Kier molecular flexibility index (Phi) is 6.10. The Hall–Kier alpha value is -2.74. The van der Waals surface area contributed by atoms with Crippen molar-refractivity contribution in [1.29, 1.82) is 0 Å². The minimum atomic E-state index is -1.14. The Labute approximate surface area is 153 Å². The van der Waals surface area contributed by atoms with Crippen LogP contribution in [-0.2, 0) is 0 Å². The highest BCUT2D eigenvalue weighted by Crippen LogP contribution is 2.40. The summed E-state index contributed by atoms with van der Waals surface area (Å²) in [6.07, 6.45) is 0.462. The second-order valence-electron chi connectivity index (χ2n) is 6.24. The van der Waals surface area contributed by atoms with Crippen LogP contribution in [0.3, 0.4) is 0 Å². The summed E-state index contributed by atoms with van der Waals surface area (Å²) in [6, 6.07) is 2.41. The molecular weight excluding hydrogens is 338 g/mol. The van der Waals surface area contributed by atoms with Gasteiger partial charge in [0.2, 0.25) is 0 Å². The monoisotopic (exact) mass is 363 g/mol. The number of carboxylic acid groups (broad SMARTS) is 1. The third kappa shape index (κ3) is 3.75. The number of carbonyl (C=O) groups is 2. The molecule has 2 rings (SSSR count). The number of carbonyl (C=O) groups excluding carboxylic acids is 1. The number of anilines is 1. The summed E-state index contributed by atoms with van der Waals surface area (Å²) in [4.78, 5) is 28.0. The molecule has 1 aromatic rings. The highest BCUT2D eigenvalue weighted by molar-refractivity contribution is 6.18. The molecule has 0 radical (unpaired) electrons. The third-order valence-electron chi connectivity index (χ3n) is 4.27. The number of amides is 1. The molecule has 1 aliphatic rings. The second kappa shape index (κ2) is 8.09. The molecule has 0 aromatic heterocycles. The van der Waals surface area contributed by atoms with Crippen molar-refractivity contribution in [3.05, 3.63) is 29.5 Å². The van der Waals surface area contributed by atoms with E-state index < -0.39 is 12.1 Å². The second-order valence-corrected chi connectivity index (χ2v) is 6.24. The first-order valence-corrected chi connectivity index (χ1v) is 8.22. The van der Waals surface area contributed by atoms with Crippen molar-refractivity contribution in [1.82, 2.24) is 10.2 Å². The van der Waals surface area contributed by atoms with E-state index in [-0.39, 0.29) is 17.0 Å². The van der Waals surface area contributed by atoms with Crippen LogP contribution in [0.4, 0.5) is 10.5 Å². The predicted molar refractivity (Wildman–Crippen MR) is 98.5 cm³/mol. The molecule has 8 heteroatoms. The summed E-state index contributed by atoms with van der Waals surface area (Å²) in [5.41, 5.74) is 0.938. The van der Waals surface area contributed by atoms with Crippen LogP contribution in [0.2, 0.25) is 0 Å². The van der Waals surface area contributed by atoms with E-state index in [1.54, 1.807) is 13.1 Å². The van der Waals surface area contributed by atoms with Gasteiger partial charge in [-0.25, -0.2) is 4.79 Å². The number of benzene rings is 1. The number of nitrogens with one attached hydrogen (secondary N) is 1. The highest BCUT2D eigenvalue weighted by atomic mass is 16.5. The molecule has 0 fully saturated rings. The molecule has 1 aromatic carbocycles. The first kappa shape index (κ1) is 19.6. The summed E-state index contributed by atoms with van der Waals surface area (Å²) >= 11 is 0. The number of likely N-dealkylation sites (N-methyl/N-ethyl adjacent to an activating group) is 1. The number of fused-ring (bicyclic) bond motifs is 1. The summed E-state index contributed by atoms with van der Waals surface area (Å²) in [7, 11) is 6.83. The van der Waals surface area contributed by atoms with E-state index in [9.17, 15) is 14.7 Å². The van der Waals surface area contributed by atoms with Crippen molar-refractivity contribution < 1.29 is 24.2 Å². The fourth-order valence-electron chi connectivity index (χ4n) is 2.87. The predicted octanol–water partition coefficient (Wildman–Crippen LogP) is 1.81. The van der Waals surface area contributed by atoms with E-state index in [2.05, 4.69) is 5.32 Å². The van der Waals surface area contributed by atoms with E-state index in [0.717, 1.165) is 11.4 Å². The number of hydrogen-bond acceptors (Lipinski definition) is 6. The van der Waals surface area contributed by atoms with Gasteiger partial charge in [0, 0.05) is 30.9 Å². The van der Waals surface area contributed by atoms with Crippen molar-refractivity contribution in [2.75, 3.05) is 46.3 Å². The maximum Gasteiger partial charge on any atom is 0.412 e. The van der Waals surface area contributed by atoms with E-state index in [0.29, 0.717) is 23.6 Å². The SMILES string of the molecule is COc1cc2c(cc1OC)N(C(=O)O)C(C)C(=CNCCN(C)C)C2=O. The normalized spacial score (nSPS) is 18.1. The van der Waals surface area contributed by atoms with Crippen LogP contribution in [0.1, 0.15) is 17.3 Å². The number of Topliss-reactive ketones (excluding diaryl/α,β-unsaturated/α-hetero) is 1. The van der Waals surface area contributed by atoms with Crippen molar-refractivity contribution in [3.8, 4) is 11.5 Å². The largest absolute Gasteiger partial charge is 0.493 e. The highest BCUT2D eigenvalue weighted by Gasteiger charge is 2.38. The molecule has 1 amide bonds. The Morgan fingerprint density at radius 3 is 2.46 bits per heavy atom. The van der Waals surface area contributed by atoms with Gasteiger partial charge in [0.05, 0.1) is 31.5 Å². The fraction of sp³-hybridized carbons (Fsp3) is 0.444. The summed E-state index contributed by atoms with van der Waals surface area (Å²) < 4.78 is 10.5. The molecule has 0 saturated heterocycles. The zero-order valence-corrected chi connectivity index (χ0v) is 15.7. The van der Waals surface area contributed by atoms with Crippen molar-refractivity contribution in [2.24, 2.45) is 0 Å². The average Bonchev–Trinajstić information content (AvgIpc) is 2.59. The molecule has 0 bridgehead atoms. The minimum Gasteiger partial charge on any atom is -0.493 e. The smallest absolute Gasteiger partial charge is 0.412 e. The lowest BCUT2D eigenvalue weighted by Crippen LogP contribution is -2.45. The van der Waals surface area contributed by atoms with Gasteiger partial charge in [0.1, 0.15) is 0 Å². The Balaban J connectivity index is 2.48. The molecule has 2 N–H and O–H groups in total. The molecule has 1 heterocycles. The van der Waals surface area contributed by atoms with Gasteiger partial charge >= 0.3 is 6.09 Å². The van der Waals surface area contributed by atoms with Gasteiger partial charge in [-0.3, -0.25) is 9.69 Å². The lowest BCUT2D eigenvalue weighted by molar-refractivity contribution is 0.102. The molecule has 0 saturated carbocycles. The average molecular weight is 363 g/mol. The zero-order chi connectivity index (χ0) is 19.4. The van der Waals surface area contributed by atoms with Crippen molar-refractivity contribution in [3.63, 3.8) is 0 Å². The summed E-state index contributed by atoms with van der Waals surface area (Å²) in [5.74, 6) is 0.511. The first-order valence-electron chi connectivity index (χ1n) is 8.22.